The zero-order valence-corrected chi connectivity index (χ0v) is 7.64. The maximum Gasteiger partial charge on any atom is 0.145 e. The summed E-state index contributed by atoms with van der Waals surface area (Å²) in [7, 11) is 2.46. The first kappa shape index (κ1) is 10.4. The Balaban J connectivity index is 3.80. The van der Waals surface area contributed by atoms with E-state index in [1.165, 1.54) is 0 Å². The van der Waals surface area contributed by atoms with Crippen molar-refractivity contribution in [3.8, 4) is 0 Å². The lowest BCUT2D eigenvalue weighted by atomic mass is 9.73. The van der Waals surface area contributed by atoms with Gasteiger partial charge in [-0.15, -0.1) is 0 Å². The molecule has 0 heterocycles. The van der Waals surface area contributed by atoms with E-state index < -0.39 is 0 Å². The summed E-state index contributed by atoms with van der Waals surface area (Å²) in [5.74, 6) is 0.215. The van der Waals surface area contributed by atoms with Gasteiger partial charge in [0, 0.05) is 12.7 Å². The molecule has 0 aliphatic heterocycles. The third-order valence-corrected chi connectivity index (χ3v) is 2.17. The van der Waals surface area contributed by atoms with Crippen molar-refractivity contribution in [3.63, 3.8) is 0 Å². The van der Waals surface area contributed by atoms with Crippen LogP contribution in [-0.2, 0) is 0 Å². The van der Waals surface area contributed by atoms with Crippen molar-refractivity contribution in [2.24, 2.45) is 5.92 Å². The van der Waals surface area contributed by atoms with E-state index in [4.69, 9.17) is 10.2 Å². The van der Waals surface area contributed by atoms with Gasteiger partial charge in [-0.05, 0) is 18.7 Å². The minimum Gasteiger partial charge on any atom is -0.396 e. The van der Waals surface area contributed by atoms with Gasteiger partial charge in [-0.1, -0.05) is 6.92 Å². The van der Waals surface area contributed by atoms with Crippen LogP contribution in [0.25, 0.3) is 0 Å². The molecule has 2 N–H and O–H groups in total. The Morgan fingerprint density at radius 1 is 1.50 bits per heavy atom. The van der Waals surface area contributed by atoms with E-state index in [9.17, 15) is 0 Å². The van der Waals surface area contributed by atoms with Crippen molar-refractivity contribution in [1.82, 2.24) is 0 Å². The molecule has 4 unspecified atom stereocenters. The van der Waals surface area contributed by atoms with E-state index in [0.29, 0.717) is 0 Å². The maximum atomic E-state index is 9.16. The monoisotopic (exact) mass is 161 g/mol. The second kappa shape index (κ2) is 5.12. The fourth-order valence-electron chi connectivity index (χ4n) is 0.948. The van der Waals surface area contributed by atoms with E-state index in [0.717, 1.165) is 0 Å². The van der Waals surface area contributed by atoms with E-state index in [-0.39, 0.29) is 24.4 Å². The largest absolute Gasteiger partial charge is 0.396 e. The van der Waals surface area contributed by atoms with Crippen LogP contribution in [-0.4, -0.2) is 29.9 Å². The van der Waals surface area contributed by atoms with Gasteiger partial charge in [0.1, 0.15) is 7.00 Å². The standard InChI is InChI=1S/C6H15BO2P/c1-4(3-8)6(7-10)5(2)9/h4-6,8-9H,3,10H2,1-2H3. The first-order chi connectivity index (χ1) is 4.63. The van der Waals surface area contributed by atoms with Crippen LogP contribution in [0, 0.1) is 5.92 Å². The summed E-state index contributed by atoms with van der Waals surface area (Å²) < 4.78 is 0. The highest BCUT2D eigenvalue weighted by atomic mass is 31.0. The van der Waals surface area contributed by atoms with Crippen LogP contribution in [0.3, 0.4) is 0 Å². The van der Waals surface area contributed by atoms with Crippen LogP contribution < -0.4 is 0 Å². The van der Waals surface area contributed by atoms with E-state index >= 15 is 0 Å². The Labute approximate surface area is 65.4 Å². The molecule has 0 saturated carbocycles. The number of hydrogen-bond donors (Lipinski definition) is 2. The summed E-state index contributed by atoms with van der Waals surface area (Å²) in [4.78, 5) is 0. The molecule has 0 aromatic rings. The summed E-state index contributed by atoms with van der Waals surface area (Å²) in [6.07, 6.45) is -0.375. The molecule has 4 heteroatoms. The van der Waals surface area contributed by atoms with Crippen LogP contribution in [0.1, 0.15) is 13.8 Å². The highest BCUT2D eigenvalue weighted by Crippen LogP contribution is 2.22. The summed E-state index contributed by atoms with van der Waals surface area (Å²) in [6, 6.07) is 0. The molecular weight excluding hydrogens is 146 g/mol. The van der Waals surface area contributed by atoms with Gasteiger partial charge in [0.15, 0.2) is 0 Å². The fourth-order valence-corrected chi connectivity index (χ4v) is 1.65. The molecule has 1 radical (unpaired) electrons. The molecule has 0 aromatic carbocycles. The van der Waals surface area contributed by atoms with Gasteiger partial charge < -0.3 is 10.2 Å². The molecule has 0 aromatic heterocycles. The first-order valence-corrected chi connectivity index (χ1v) is 4.14. The van der Waals surface area contributed by atoms with Gasteiger partial charge in [-0.2, -0.15) is 9.12 Å². The molecular formula is C6H15BO2P. The predicted molar refractivity (Wildman–Crippen MR) is 47.1 cm³/mol. The van der Waals surface area contributed by atoms with Crippen molar-refractivity contribution < 1.29 is 10.2 Å². The molecule has 0 rings (SSSR count). The van der Waals surface area contributed by atoms with Gasteiger partial charge in [-0.25, -0.2) is 0 Å². The number of hydrogen-bond acceptors (Lipinski definition) is 2. The summed E-state index contributed by atoms with van der Waals surface area (Å²) >= 11 is 0. The normalized spacial score (nSPS) is 19.7. The van der Waals surface area contributed by atoms with Gasteiger partial charge in [0.25, 0.3) is 0 Å². The Bertz CT molecular complexity index is 89.8. The Morgan fingerprint density at radius 3 is 2.10 bits per heavy atom. The zero-order valence-electron chi connectivity index (χ0n) is 6.49. The Morgan fingerprint density at radius 2 is 2.00 bits per heavy atom. The van der Waals surface area contributed by atoms with Crippen LogP contribution >= 0.6 is 9.12 Å². The van der Waals surface area contributed by atoms with Gasteiger partial charge in [0.2, 0.25) is 0 Å². The molecule has 0 aliphatic carbocycles. The summed E-state index contributed by atoms with van der Waals surface area (Å²) in [6.45, 7) is 5.63. The molecule has 0 saturated heterocycles. The lowest BCUT2D eigenvalue weighted by Gasteiger charge is -2.22. The fraction of sp³-hybridized carbons (Fsp3) is 1.00. The van der Waals surface area contributed by atoms with Crippen LogP contribution in [0.4, 0.5) is 0 Å². The molecule has 4 atom stereocenters. The second-order valence-corrected chi connectivity index (χ2v) is 3.06. The second-order valence-electron chi connectivity index (χ2n) is 2.67. The van der Waals surface area contributed by atoms with Gasteiger partial charge in [0.05, 0.1) is 0 Å². The summed E-state index contributed by atoms with van der Waals surface area (Å²) in [5, 5.41) is 17.9. The lowest BCUT2D eigenvalue weighted by molar-refractivity contribution is 0.136. The van der Waals surface area contributed by atoms with Crippen molar-refractivity contribution in [2.45, 2.75) is 25.8 Å². The molecule has 0 spiro atoms. The molecule has 59 valence electrons. The van der Waals surface area contributed by atoms with Crippen molar-refractivity contribution in [1.29, 1.82) is 0 Å². The average Bonchev–Trinajstić information content (AvgIpc) is 1.88. The Hall–Kier alpha value is 0.415. The molecule has 0 fully saturated rings. The molecule has 0 bridgehead atoms. The predicted octanol–water partition coefficient (Wildman–Crippen LogP) is 0.278. The number of aliphatic hydroxyl groups excluding tert-OH is 2. The average molecular weight is 161 g/mol. The van der Waals surface area contributed by atoms with Gasteiger partial charge >= 0.3 is 0 Å². The molecule has 0 amide bonds. The minimum absolute atomic E-state index is 0.0787. The van der Waals surface area contributed by atoms with Crippen molar-refractivity contribution >= 4 is 16.1 Å². The highest BCUT2D eigenvalue weighted by molar-refractivity contribution is 7.56. The van der Waals surface area contributed by atoms with Crippen molar-refractivity contribution in [3.05, 3.63) is 0 Å². The van der Waals surface area contributed by atoms with E-state index in [1.54, 1.807) is 6.92 Å². The highest BCUT2D eigenvalue weighted by Gasteiger charge is 2.19. The topological polar surface area (TPSA) is 40.5 Å². The maximum absolute atomic E-state index is 9.16. The first-order valence-electron chi connectivity index (χ1n) is 3.47. The lowest BCUT2D eigenvalue weighted by Crippen LogP contribution is -2.23. The zero-order chi connectivity index (χ0) is 8.15. The van der Waals surface area contributed by atoms with Gasteiger partial charge in [-0.3, -0.25) is 0 Å². The van der Waals surface area contributed by atoms with Crippen LogP contribution in [0.2, 0.25) is 5.82 Å². The SMILES string of the molecule is CC(O)C([B]P)C(C)CO. The minimum atomic E-state index is -0.375. The Kier molecular flexibility index (Phi) is 5.33. The van der Waals surface area contributed by atoms with E-state index in [2.05, 4.69) is 9.12 Å². The number of rotatable bonds is 4. The molecule has 0 aliphatic rings. The van der Waals surface area contributed by atoms with Crippen LogP contribution in [0.15, 0.2) is 0 Å². The van der Waals surface area contributed by atoms with Crippen LogP contribution in [0.5, 0.6) is 0 Å². The summed E-state index contributed by atoms with van der Waals surface area (Å²) in [5.41, 5.74) is 0. The van der Waals surface area contributed by atoms with Crippen molar-refractivity contribution in [2.75, 3.05) is 6.61 Å². The molecule has 10 heavy (non-hydrogen) atoms. The third kappa shape index (κ3) is 3.00. The number of aliphatic hydroxyl groups is 2. The smallest absolute Gasteiger partial charge is 0.145 e. The molecule has 2 nitrogen and oxygen atoms in total. The van der Waals surface area contributed by atoms with E-state index in [1.807, 2.05) is 13.9 Å². The quantitative estimate of drug-likeness (QED) is 0.459. The third-order valence-electron chi connectivity index (χ3n) is 1.72.